The van der Waals surface area contributed by atoms with Gasteiger partial charge in [-0.15, -0.1) is 0 Å². The Kier molecular flexibility index (Phi) is 3.89. The largest absolute Gasteiger partial charge is 0.468 e. The summed E-state index contributed by atoms with van der Waals surface area (Å²) in [5.74, 6) is -0.915. The molecular formula is C9H7BrClFO2. The minimum atomic E-state index is -0.666. The first-order valence-electron chi connectivity index (χ1n) is 3.73. The second-order valence-corrected chi connectivity index (χ2v) is 3.87. The fraction of sp³-hybridized carbons (Fsp3) is 0.222. The van der Waals surface area contributed by atoms with Crippen LogP contribution in [0.4, 0.5) is 4.39 Å². The molecule has 0 radical (unpaired) electrons. The van der Waals surface area contributed by atoms with Crippen molar-refractivity contribution in [1.29, 1.82) is 0 Å². The molecule has 1 aromatic carbocycles. The van der Waals surface area contributed by atoms with E-state index in [0.717, 1.165) is 6.07 Å². The smallest absolute Gasteiger partial charge is 0.324 e. The van der Waals surface area contributed by atoms with Gasteiger partial charge in [-0.25, -0.2) is 4.39 Å². The highest BCUT2D eigenvalue weighted by molar-refractivity contribution is 9.09. The zero-order valence-electron chi connectivity index (χ0n) is 7.26. The van der Waals surface area contributed by atoms with E-state index < -0.39 is 16.6 Å². The van der Waals surface area contributed by atoms with E-state index in [1.807, 2.05) is 0 Å². The van der Waals surface area contributed by atoms with Crippen LogP contribution in [0.1, 0.15) is 10.4 Å². The summed E-state index contributed by atoms with van der Waals surface area (Å²) in [5.41, 5.74) is 0.486. The summed E-state index contributed by atoms with van der Waals surface area (Å²) < 4.78 is 17.2. The van der Waals surface area contributed by atoms with Gasteiger partial charge in [-0.2, -0.15) is 0 Å². The van der Waals surface area contributed by atoms with Gasteiger partial charge < -0.3 is 4.74 Å². The number of benzene rings is 1. The Labute approximate surface area is 94.1 Å². The van der Waals surface area contributed by atoms with E-state index in [4.69, 9.17) is 11.6 Å². The van der Waals surface area contributed by atoms with E-state index >= 15 is 0 Å². The monoisotopic (exact) mass is 280 g/mol. The molecule has 0 fully saturated rings. The van der Waals surface area contributed by atoms with E-state index in [-0.39, 0.29) is 5.02 Å². The number of rotatable bonds is 2. The number of methoxy groups -OCH3 is 1. The molecule has 5 heteroatoms. The molecule has 0 bridgehead atoms. The molecule has 0 saturated carbocycles. The van der Waals surface area contributed by atoms with Gasteiger partial charge in [0.05, 0.1) is 7.11 Å². The summed E-state index contributed by atoms with van der Waals surface area (Å²) in [6.07, 6.45) is 0. The van der Waals surface area contributed by atoms with E-state index in [1.165, 1.54) is 19.2 Å². The summed E-state index contributed by atoms with van der Waals surface area (Å²) in [6, 6.07) is 3.82. The zero-order valence-corrected chi connectivity index (χ0v) is 9.60. The van der Waals surface area contributed by atoms with Crippen LogP contribution < -0.4 is 0 Å². The molecule has 1 aromatic rings. The lowest BCUT2D eigenvalue weighted by Gasteiger charge is -2.09. The first-order valence-corrected chi connectivity index (χ1v) is 5.02. The molecule has 0 aliphatic rings. The molecule has 0 aromatic heterocycles. The molecule has 76 valence electrons. The Morgan fingerprint density at radius 3 is 2.79 bits per heavy atom. The average Bonchev–Trinajstić information content (AvgIpc) is 2.15. The normalized spacial score (nSPS) is 12.3. The Bertz CT molecular complexity index is 357. The summed E-state index contributed by atoms with van der Waals surface area (Å²) in [7, 11) is 1.27. The minimum Gasteiger partial charge on any atom is -0.468 e. The van der Waals surface area contributed by atoms with Crippen LogP contribution in [0.2, 0.25) is 5.02 Å². The predicted octanol–water partition coefficient (Wildman–Crippen LogP) is 3.09. The van der Waals surface area contributed by atoms with Crippen LogP contribution in [0.25, 0.3) is 0 Å². The van der Waals surface area contributed by atoms with Crippen molar-refractivity contribution in [2.45, 2.75) is 4.83 Å². The van der Waals surface area contributed by atoms with E-state index in [9.17, 15) is 9.18 Å². The Balaban J connectivity index is 3.01. The van der Waals surface area contributed by atoms with Gasteiger partial charge in [-0.05, 0) is 17.7 Å². The number of carbonyl (C=O) groups excluding carboxylic acids is 1. The van der Waals surface area contributed by atoms with Crippen molar-refractivity contribution < 1.29 is 13.9 Å². The summed E-state index contributed by atoms with van der Waals surface area (Å²) in [4.78, 5) is 10.5. The topological polar surface area (TPSA) is 26.3 Å². The molecule has 0 aliphatic carbocycles. The SMILES string of the molecule is COC(=O)C(Br)c1ccc(F)cc1Cl. The summed E-state index contributed by atoms with van der Waals surface area (Å²) in [5, 5.41) is 0.192. The van der Waals surface area contributed by atoms with Crippen molar-refractivity contribution in [3.8, 4) is 0 Å². The van der Waals surface area contributed by atoms with Gasteiger partial charge in [0.25, 0.3) is 0 Å². The summed E-state index contributed by atoms with van der Waals surface area (Å²) in [6.45, 7) is 0. The molecule has 1 unspecified atom stereocenters. The molecule has 0 saturated heterocycles. The van der Waals surface area contributed by atoms with Crippen molar-refractivity contribution in [2.75, 3.05) is 7.11 Å². The molecule has 14 heavy (non-hydrogen) atoms. The quantitative estimate of drug-likeness (QED) is 0.615. The lowest BCUT2D eigenvalue weighted by atomic mass is 10.1. The second kappa shape index (κ2) is 4.75. The number of esters is 1. The molecule has 1 atom stereocenters. The maximum atomic E-state index is 12.7. The van der Waals surface area contributed by atoms with Crippen LogP contribution in [0.3, 0.4) is 0 Å². The lowest BCUT2D eigenvalue weighted by Crippen LogP contribution is -2.08. The molecule has 0 amide bonds. The van der Waals surface area contributed by atoms with Gasteiger partial charge in [0.2, 0.25) is 0 Å². The van der Waals surface area contributed by atoms with Crippen LogP contribution in [0.5, 0.6) is 0 Å². The third-order valence-electron chi connectivity index (χ3n) is 1.64. The van der Waals surface area contributed by atoms with Crippen LogP contribution in [-0.2, 0) is 9.53 Å². The third-order valence-corrected chi connectivity index (χ3v) is 2.84. The molecular weight excluding hydrogens is 274 g/mol. The van der Waals surface area contributed by atoms with E-state index in [0.29, 0.717) is 5.56 Å². The first kappa shape index (κ1) is 11.5. The van der Waals surface area contributed by atoms with Gasteiger partial charge in [0, 0.05) is 5.02 Å². The fourth-order valence-corrected chi connectivity index (χ4v) is 1.93. The minimum absolute atomic E-state index is 0.192. The fourth-order valence-electron chi connectivity index (χ4n) is 0.937. The van der Waals surface area contributed by atoms with Crippen LogP contribution in [0.15, 0.2) is 18.2 Å². The highest BCUT2D eigenvalue weighted by Gasteiger charge is 2.20. The van der Waals surface area contributed by atoms with Crippen LogP contribution in [0, 0.1) is 5.82 Å². The maximum absolute atomic E-state index is 12.7. The van der Waals surface area contributed by atoms with Gasteiger partial charge in [-0.3, -0.25) is 4.79 Å². The Morgan fingerprint density at radius 1 is 1.64 bits per heavy atom. The molecule has 0 aliphatic heterocycles. The van der Waals surface area contributed by atoms with Crippen molar-refractivity contribution in [2.24, 2.45) is 0 Å². The number of hydrogen-bond donors (Lipinski definition) is 0. The number of alkyl halides is 1. The maximum Gasteiger partial charge on any atom is 0.324 e. The highest BCUT2D eigenvalue weighted by Crippen LogP contribution is 2.30. The van der Waals surface area contributed by atoms with Gasteiger partial charge in [0.1, 0.15) is 10.6 Å². The number of hydrogen-bond acceptors (Lipinski definition) is 2. The second-order valence-electron chi connectivity index (χ2n) is 2.55. The van der Waals surface area contributed by atoms with E-state index in [1.54, 1.807) is 0 Å². The molecule has 1 rings (SSSR count). The van der Waals surface area contributed by atoms with Crippen LogP contribution in [-0.4, -0.2) is 13.1 Å². The Morgan fingerprint density at radius 2 is 2.29 bits per heavy atom. The van der Waals surface area contributed by atoms with E-state index in [2.05, 4.69) is 20.7 Å². The number of halogens is 3. The molecule has 2 nitrogen and oxygen atoms in total. The van der Waals surface area contributed by atoms with Crippen molar-refractivity contribution >= 4 is 33.5 Å². The predicted molar refractivity (Wildman–Crippen MR) is 55.1 cm³/mol. The lowest BCUT2D eigenvalue weighted by molar-refractivity contribution is -0.139. The zero-order chi connectivity index (χ0) is 10.7. The number of carbonyl (C=O) groups is 1. The molecule has 0 spiro atoms. The van der Waals surface area contributed by atoms with Gasteiger partial charge in [0.15, 0.2) is 0 Å². The standard InChI is InChI=1S/C9H7BrClFO2/c1-14-9(13)8(10)6-3-2-5(12)4-7(6)11/h2-4,8H,1H3. The third kappa shape index (κ3) is 2.45. The van der Waals surface area contributed by atoms with Crippen molar-refractivity contribution in [3.05, 3.63) is 34.6 Å². The van der Waals surface area contributed by atoms with Crippen LogP contribution >= 0.6 is 27.5 Å². The molecule has 0 N–H and O–H groups in total. The van der Waals surface area contributed by atoms with Gasteiger partial charge >= 0.3 is 5.97 Å². The van der Waals surface area contributed by atoms with Crippen molar-refractivity contribution in [3.63, 3.8) is 0 Å². The summed E-state index contributed by atoms with van der Waals surface area (Å²) >= 11 is 8.85. The van der Waals surface area contributed by atoms with Crippen molar-refractivity contribution in [1.82, 2.24) is 0 Å². The molecule has 0 heterocycles. The number of ether oxygens (including phenoxy) is 1. The highest BCUT2D eigenvalue weighted by atomic mass is 79.9. The Hall–Kier alpha value is -0.610. The average molecular weight is 282 g/mol. The first-order chi connectivity index (χ1) is 6.56. The van der Waals surface area contributed by atoms with Gasteiger partial charge in [-0.1, -0.05) is 33.6 Å².